The zero-order valence-corrected chi connectivity index (χ0v) is 5.31. The van der Waals surface area contributed by atoms with Gasteiger partial charge in [-0.25, -0.2) is 9.37 Å². The molecule has 1 aromatic rings. The topological polar surface area (TPSA) is 26.0 Å². The third-order valence-electron chi connectivity index (χ3n) is 0.855. The van der Waals surface area contributed by atoms with Gasteiger partial charge in [0.2, 0.25) is 5.89 Å². The zero-order chi connectivity index (χ0) is 6.69. The first-order chi connectivity index (χ1) is 4.34. The van der Waals surface area contributed by atoms with Gasteiger partial charge >= 0.3 is 0 Å². The predicted octanol–water partition coefficient (Wildman–Crippen LogP) is 1.92. The Bertz CT molecular complexity index is 165. The maximum atomic E-state index is 12.4. The number of hydrogen-bond acceptors (Lipinski definition) is 2. The molecule has 9 heavy (non-hydrogen) atoms. The lowest BCUT2D eigenvalue weighted by Gasteiger charge is -1.93. The van der Waals surface area contributed by atoms with Crippen molar-refractivity contribution >= 4 is 11.6 Å². The average Bonchev–Trinajstić information content (AvgIpc) is 2.37. The van der Waals surface area contributed by atoms with Crippen LogP contribution in [0.1, 0.15) is 12.1 Å². The van der Waals surface area contributed by atoms with E-state index in [4.69, 9.17) is 11.6 Å². The van der Waals surface area contributed by atoms with Gasteiger partial charge in [-0.15, -0.1) is 11.6 Å². The van der Waals surface area contributed by atoms with Crippen molar-refractivity contribution < 1.29 is 8.81 Å². The second kappa shape index (κ2) is 2.82. The van der Waals surface area contributed by atoms with Gasteiger partial charge in [0.1, 0.15) is 6.26 Å². The molecule has 4 heteroatoms. The second-order valence-electron chi connectivity index (χ2n) is 1.49. The summed E-state index contributed by atoms with van der Waals surface area (Å²) < 4.78 is 17.0. The van der Waals surface area contributed by atoms with Crippen molar-refractivity contribution in [1.29, 1.82) is 0 Å². The molecule has 0 bridgehead atoms. The Labute approximate surface area is 56.6 Å². The van der Waals surface area contributed by atoms with Crippen molar-refractivity contribution in [1.82, 2.24) is 4.98 Å². The van der Waals surface area contributed by atoms with Crippen molar-refractivity contribution in [3.05, 3.63) is 18.4 Å². The lowest BCUT2D eigenvalue weighted by molar-refractivity contribution is 0.302. The van der Waals surface area contributed by atoms with Gasteiger partial charge in [0.15, 0.2) is 6.17 Å². The standard InChI is InChI=1S/C5H5ClFNO/c6-3-4(7)5-8-1-2-9-5/h1-2,4H,3H2. The molecule has 0 saturated carbocycles. The molecule has 1 aromatic heterocycles. The van der Waals surface area contributed by atoms with E-state index in [9.17, 15) is 4.39 Å². The molecule has 0 aliphatic carbocycles. The predicted molar refractivity (Wildman–Crippen MR) is 31.1 cm³/mol. The van der Waals surface area contributed by atoms with Gasteiger partial charge in [0.05, 0.1) is 12.1 Å². The molecule has 1 atom stereocenters. The van der Waals surface area contributed by atoms with Crippen LogP contribution in [0, 0.1) is 0 Å². The summed E-state index contributed by atoms with van der Waals surface area (Å²) in [5, 5.41) is 0. The van der Waals surface area contributed by atoms with Gasteiger partial charge < -0.3 is 4.42 Å². The minimum absolute atomic E-state index is 0.0463. The van der Waals surface area contributed by atoms with Crippen LogP contribution in [-0.2, 0) is 0 Å². The average molecular weight is 150 g/mol. The Morgan fingerprint density at radius 1 is 1.89 bits per heavy atom. The van der Waals surface area contributed by atoms with E-state index in [0.29, 0.717) is 0 Å². The molecule has 0 saturated heterocycles. The minimum atomic E-state index is -1.28. The molecule has 0 aliphatic heterocycles. The molecule has 0 spiro atoms. The highest BCUT2D eigenvalue weighted by atomic mass is 35.5. The molecular weight excluding hydrogens is 145 g/mol. The van der Waals surface area contributed by atoms with Crippen LogP contribution in [0.3, 0.4) is 0 Å². The van der Waals surface area contributed by atoms with Gasteiger partial charge in [0.25, 0.3) is 0 Å². The van der Waals surface area contributed by atoms with Crippen LogP contribution >= 0.6 is 11.6 Å². The maximum absolute atomic E-state index is 12.4. The first-order valence-electron chi connectivity index (χ1n) is 2.44. The number of rotatable bonds is 2. The number of nitrogens with zero attached hydrogens (tertiary/aromatic N) is 1. The third-order valence-corrected chi connectivity index (χ3v) is 1.13. The minimum Gasteiger partial charge on any atom is -0.446 e. The highest BCUT2D eigenvalue weighted by molar-refractivity contribution is 6.18. The van der Waals surface area contributed by atoms with E-state index < -0.39 is 6.17 Å². The summed E-state index contributed by atoms with van der Waals surface area (Å²) in [6.07, 6.45) is 1.42. The van der Waals surface area contributed by atoms with E-state index in [1.807, 2.05) is 0 Å². The highest BCUT2D eigenvalue weighted by Crippen LogP contribution is 2.15. The monoisotopic (exact) mass is 149 g/mol. The summed E-state index contributed by atoms with van der Waals surface area (Å²) in [6.45, 7) is 0. The normalized spacial score (nSPS) is 13.6. The Morgan fingerprint density at radius 3 is 3.11 bits per heavy atom. The van der Waals surface area contributed by atoms with Crippen LogP contribution in [0.25, 0.3) is 0 Å². The van der Waals surface area contributed by atoms with Gasteiger partial charge in [-0.1, -0.05) is 0 Å². The number of alkyl halides is 2. The van der Waals surface area contributed by atoms with Crippen LogP contribution < -0.4 is 0 Å². The van der Waals surface area contributed by atoms with Crippen LogP contribution in [0.5, 0.6) is 0 Å². The first kappa shape index (κ1) is 6.55. The van der Waals surface area contributed by atoms with Gasteiger partial charge in [0, 0.05) is 0 Å². The summed E-state index contributed by atoms with van der Waals surface area (Å²) in [5.41, 5.74) is 0. The molecule has 1 unspecified atom stereocenters. The largest absolute Gasteiger partial charge is 0.446 e. The highest BCUT2D eigenvalue weighted by Gasteiger charge is 2.11. The molecule has 0 amide bonds. The van der Waals surface area contributed by atoms with E-state index in [-0.39, 0.29) is 11.8 Å². The Morgan fingerprint density at radius 2 is 2.67 bits per heavy atom. The Hall–Kier alpha value is -0.570. The van der Waals surface area contributed by atoms with Gasteiger partial charge in [-0.05, 0) is 0 Å². The van der Waals surface area contributed by atoms with E-state index in [0.717, 1.165) is 0 Å². The lowest BCUT2D eigenvalue weighted by atomic mass is 10.4. The number of aromatic nitrogens is 1. The van der Waals surface area contributed by atoms with E-state index in [2.05, 4.69) is 9.40 Å². The van der Waals surface area contributed by atoms with Crippen LogP contribution in [-0.4, -0.2) is 10.9 Å². The Kier molecular flexibility index (Phi) is 2.05. The Balaban J connectivity index is 2.65. The molecule has 0 radical (unpaired) electrons. The van der Waals surface area contributed by atoms with E-state index >= 15 is 0 Å². The fourth-order valence-corrected chi connectivity index (χ4v) is 0.587. The number of oxazole rings is 1. The zero-order valence-electron chi connectivity index (χ0n) is 4.55. The van der Waals surface area contributed by atoms with Gasteiger partial charge in [-0.2, -0.15) is 0 Å². The molecule has 0 N–H and O–H groups in total. The maximum Gasteiger partial charge on any atom is 0.229 e. The number of halogens is 2. The van der Waals surface area contributed by atoms with Crippen molar-refractivity contribution in [2.75, 3.05) is 5.88 Å². The van der Waals surface area contributed by atoms with Crippen LogP contribution in [0.15, 0.2) is 16.9 Å². The van der Waals surface area contributed by atoms with Crippen molar-refractivity contribution in [2.24, 2.45) is 0 Å². The quantitative estimate of drug-likeness (QED) is 0.601. The molecule has 1 heterocycles. The first-order valence-corrected chi connectivity index (χ1v) is 2.97. The van der Waals surface area contributed by atoms with Crippen LogP contribution in [0.4, 0.5) is 4.39 Å². The SMILES string of the molecule is FC(CCl)c1ncco1. The molecule has 0 fully saturated rings. The molecule has 1 rings (SSSR count). The third kappa shape index (κ3) is 1.42. The lowest BCUT2D eigenvalue weighted by Crippen LogP contribution is -1.91. The summed E-state index contributed by atoms with van der Waals surface area (Å²) in [5.74, 6) is -0.0643. The smallest absolute Gasteiger partial charge is 0.229 e. The van der Waals surface area contributed by atoms with Crippen LogP contribution in [0.2, 0.25) is 0 Å². The molecule has 2 nitrogen and oxygen atoms in total. The fraction of sp³-hybridized carbons (Fsp3) is 0.400. The van der Waals surface area contributed by atoms with Gasteiger partial charge in [-0.3, -0.25) is 0 Å². The molecule has 50 valence electrons. The molecular formula is C5H5ClFNO. The summed E-state index contributed by atoms with van der Waals surface area (Å²) >= 11 is 5.17. The number of hydrogen-bond donors (Lipinski definition) is 0. The second-order valence-corrected chi connectivity index (χ2v) is 1.80. The van der Waals surface area contributed by atoms with E-state index in [1.54, 1.807) is 0 Å². The summed E-state index contributed by atoms with van der Waals surface area (Å²) in [6, 6.07) is 0. The van der Waals surface area contributed by atoms with E-state index in [1.165, 1.54) is 12.5 Å². The van der Waals surface area contributed by atoms with Crippen molar-refractivity contribution in [3.8, 4) is 0 Å². The summed E-state index contributed by atoms with van der Waals surface area (Å²) in [4.78, 5) is 3.56. The summed E-state index contributed by atoms with van der Waals surface area (Å²) in [7, 11) is 0. The van der Waals surface area contributed by atoms with Crippen molar-refractivity contribution in [2.45, 2.75) is 6.17 Å². The molecule has 0 aliphatic rings. The van der Waals surface area contributed by atoms with Crippen molar-refractivity contribution in [3.63, 3.8) is 0 Å². The molecule has 0 aromatic carbocycles. The fourth-order valence-electron chi connectivity index (χ4n) is 0.455.